The average molecular weight is 1480 g/mol. The summed E-state index contributed by atoms with van der Waals surface area (Å²) in [7, 11) is -3.54. The standard InChI is InChI=1S/C23H22F3N7O2.C22H21F3N8O2.C21H23F3N6O4S/c1-13(23(24,25)26)10-19(34)17-2-3-18-21(29-17)33(15-6-9-32(18)12-15)22(35)30-20-11-14(4-7-27-20)16-5-8-28-31-16;1-12(22(23,24)25)8-18(34)15-2-3-17-20(28-15)33(14-5-7-32(17)11-14)21(35)29-19-9-13(4-6-26-19)16-10-27-31-30-16;1-12(21(22,23)24)9-17(31)15-3-4-16-19(26-15)30(14-6-8-29(16)11-14)20(32)27-18-10-13(5-7-25-18)28-35(2,33)34/h2-5,7-8,11,13,15H,6,9-10,12H2,1H3,(H,28,31)(H,27,30,35);2-4,6,9-10,12,14H,5,7-8,11H2,1H3,(H,26,29,35)(H,27,30,31);3-5,7,10,12,14H,6,8-9,11H2,1-2H3,(H2,25,27,28,32)/t13-,15-;2*12-,14-/m000/s1. The number of hydrogen-bond acceptors (Lipinski definition) is 20. The maximum absolute atomic E-state index is 13.4. The van der Waals surface area contributed by atoms with Crippen LogP contribution in [-0.2, 0) is 10.0 Å². The van der Waals surface area contributed by atoms with Gasteiger partial charge in [0.05, 0.1) is 76.8 Å². The molecule has 552 valence electrons. The van der Waals surface area contributed by atoms with Crippen molar-refractivity contribution < 1.29 is 76.7 Å². The first-order valence-corrected chi connectivity index (χ1v) is 34.7. The minimum Gasteiger partial charge on any atom is -0.366 e. The zero-order valence-electron chi connectivity index (χ0n) is 56.1. The molecule has 6 atom stereocenters. The third-order valence-electron chi connectivity index (χ3n) is 18.3. The molecule has 0 radical (unpaired) electrons. The monoisotopic (exact) mass is 1480 g/mol. The Morgan fingerprint density at radius 1 is 0.505 bits per heavy atom. The Balaban J connectivity index is 0.000000148. The lowest BCUT2D eigenvalue weighted by Crippen LogP contribution is -2.48. The second kappa shape index (κ2) is 29.4. The van der Waals surface area contributed by atoms with Gasteiger partial charge in [0.25, 0.3) is 0 Å². The molecular weight excluding hydrogens is 1420 g/mol. The number of amides is 6. The number of nitrogens with zero attached hydrogens (tertiary/aromatic N) is 15. The number of Topliss-reactive ketones (excluding diaryl/α,β-unsaturated/α-hetero) is 3. The largest absolute Gasteiger partial charge is 0.391 e. The Morgan fingerprint density at radius 2 is 0.886 bits per heavy atom. The molecule has 6 amide bonds. The Labute approximate surface area is 591 Å². The Kier molecular flexibility index (Phi) is 20.5. The van der Waals surface area contributed by atoms with E-state index >= 15 is 0 Å². The van der Waals surface area contributed by atoms with E-state index in [1.165, 1.54) is 63.6 Å². The third kappa shape index (κ3) is 16.7. The summed E-state index contributed by atoms with van der Waals surface area (Å²) in [6, 6.07) is 18.2. The van der Waals surface area contributed by atoms with Crippen molar-refractivity contribution in [3.63, 3.8) is 0 Å². The lowest BCUT2D eigenvalue weighted by atomic mass is 10.0. The van der Waals surface area contributed by atoms with Gasteiger partial charge >= 0.3 is 36.6 Å². The van der Waals surface area contributed by atoms with E-state index in [0.29, 0.717) is 92.7 Å². The van der Waals surface area contributed by atoms with Crippen molar-refractivity contribution in [1.29, 1.82) is 0 Å². The molecule has 0 unspecified atom stereocenters. The number of hydrogen-bond donors (Lipinski definition) is 6. The molecule has 3 saturated heterocycles. The second-order valence-corrected chi connectivity index (χ2v) is 27.6. The quantitative estimate of drug-likeness (QED) is 0.0386. The highest BCUT2D eigenvalue weighted by Crippen LogP contribution is 2.44. The van der Waals surface area contributed by atoms with Crippen LogP contribution in [0, 0.1) is 17.8 Å². The number of sulfonamides is 1. The summed E-state index contributed by atoms with van der Waals surface area (Å²) < 4.78 is 142. The highest BCUT2D eigenvalue weighted by atomic mass is 32.2. The van der Waals surface area contributed by atoms with Gasteiger partial charge in [-0.25, -0.2) is 52.7 Å². The molecule has 0 aliphatic carbocycles. The van der Waals surface area contributed by atoms with Gasteiger partial charge in [-0.05, 0) is 92.1 Å². The number of halogens is 9. The fraction of sp³-hybridized carbons (Fsp3) is 0.379. The first-order chi connectivity index (χ1) is 49.7. The molecule has 0 saturated carbocycles. The summed E-state index contributed by atoms with van der Waals surface area (Å²) in [6.45, 7) is 6.62. The molecule has 6 aliphatic heterocycles. The molecule has 6 N–H and O–H groups in total. The summed E-state index contributed by atoms with van der Waals surface area (Å²) in [6.07, 6.45) is -5.08. The van der Waals surface area contributed by atoms with E-state index in [1.54, 1.807) is 60.9 Å². The molecule has 39 heteroatoms. The molecule has 0 spiro atoms. The van der Waals surface area contributed by atoms with E-state index in [2.05, 4.69) is 81.1 Å². The van der Waals surface area contributed by atoms with Gasteiger partial charge in [0.1, 0.15) is 40.2 Å². The minimum atomic E-state index is -4.51. The van der Waals surface area contributed by atoms with Crippen LogP contribution in [0.2, 0.25) is 0 Å². The molecule has 105 heavy (non-hydrogen) atoms. The Hall–Kier alpha value is -11.4. The van der Waals surface area contributed by atoms with Crippen LogP contribution in [0.5, 0.6) is 0 Å². The summed E-state index contributed by atoms with van der Waals surface area (Å²) in [5, 5.41) is 25.2. The van der Waals surface area contributed by atoms with E-state index in [4.69, 9.17) is 0 Å². The number of pyridine rings is 6. The first kappa shape index (κ1) is 73.3. The maximum Gasteiger partial charge on any atom is 0.391 e. The molecule has 8 aromatic heterocycles. The van der Waals surface area contributed by atoms with Crippen LogP contribution in [0.3, 0.4) is 0 Å². The van der Waals surface area contributed by atoms with E-state index in [-0.39, 0.29) is 70.0 Å². The SMILES string of the molecule is C[C@@H](CC(=O)c1ccc2c(n1)N(C(=O)Nc1cc(-c3ccn[nH]3)ccn1)[C@H]1CCN2C1)C(F)(F)F.C[C@@H](CC(=O)c1ccc2c(n1)N(C(=O)Nc1cc(-c3cn[nH]n3)ccn1)[C@H]1CCN2C1)C(F)(F)F.C[C@@H](CC(=O)c1ccc2c(n1)N(C(=O)Nc1cc(NS(C)(=O)=O)ccn1)[C@H]1CCN2C1)C(F)(F)F. The number of alkyl halides is 9. The van der Waals surface area contributed by atoms with Gasteiger partial charge < -0.3 is 14.7 Å². The topological polar surface area (TPSA) is 352 Å². The number of rotatable bonds is 16. The normalized spacial score (nSPS) is 17.9. The number of fused-ring (bicyclic) bond motifs is 12. The number of aromatic nitrogens is 11. The number of urea groups is 3. The number of nitrogens with one attached hydrogen (secondary N) is 6. The van der Waals surface area contributed by atoms with Crippen molar-refractivity contribution in [3.05, 3.63) is 127 Å². The zero-order valence-corrected chi connectivity index (χ0v) is 56.9. The summed E-state index contributed by atoms with van der Waals surface area (Å²) in [5.41, 5.74) is 4.56. The highest BCUT2D eigenvalue weighted by molar-refractivity contribution is 7.92. The molecule has 0 aromatic carbocycles. The van der Waals surface area contributed by atoms with Crippen molar-refractivity contribution in [3.8, 4) is 22.5 Å². The molecule has 14 rings (SSSR count). The predicted octanol–water partition coefficient (Wildman–Crippen LogP) is 11.2. The molecular formula is C66H66F9N21O8S. The fourth-order valence-corrected chi connectivity index (χ4v) is 13.3. The van der Waals surface area contributed by atoms with Crippen LogP contribution in [0.25, 0.3) is 22.5 Å². The van der Waals surface area contributed by atoms with Gasteiger partial charge in [0.2, 0.25) is 10.0 Å². The number of H-pyrrole nitrogens is 2. The van der Waals surface area contributed by atoms with Gasteiger partial charge in [-0.3, -0.25) is 54.9 Å². The van der Waals surface area contributed by atoms with Crippen LogP contribution in [0.15, 0.2) is 110 Å². The first-order valence-electron chi connectivity index (χ1n) is 32.8. The predicted molar refractivity (Wildman–Crippen MR) is 366 cm³/mol. The van der Waals surface area contributed by atoms with Crippen molar-refractivity contribution in [1.82, 2.24) is 55.5 Å². The number of aromatic amines is 2. The lowest BCUT2D eigenvalue weighted by Gasteiger charge is -2.35. The van der Waals surface area contributed by atoms with Crippen molar-refractivity contribution in [2.75, 3.05) is 95.6 Å². The van der Waals surface area contributed by atoms with Crippen molar-refractivity contribution >= 4 is 103 Å². The molecule has 8 aromatic rings. The van der Waals surface area contributed by atoms with E-state index in [1.807, 2.05) is 9.80 Å². The molecule has 14 heterocycles. The number of anilines is 10. The van der Waals surface area contributed by atoms with Crippen LogP contribution < -0.4 is 50.1 Å². The maximum atomic E-state index is 13.4. The summed E-state index contributed by atoms with van der Waals surface area (Å²) in [5.74, 6) is -6.29. The van der Waals surface area contributed by atoms with Crippen LogP contribution >= 0.6 is 0 Å². The molecule has 6 bridgehead atoms. The smallest absolute Gasteiger partial charge is 0.366 e. The van der Waals surface area contributed by atoms with Gasteiger partial charge in [0, 0.05) is 101 Å². The van der Waals surface area contributed by atoms with Crippen LogP contribution in [0.4, 0.5) is 112 Å². The van der Waals surface area contributed by atoms with Crippen LogP contribution in [0.1, 0.15) is 90.8 Å². The van der Waals surface area contributed by atoms with Gasteiger partial charge in [-0.15, -0.1) is 0 Å². The minimum absolute atomic E-state index is 0.0804. The fourth-order valence-electron chi connectivity index (χ4n) is 12.7. The lowest BCUT2D eigenvalue weighted by molar-refractivity contribution is -0.169. The highest BCUT2D eigenvalue weighted by Gasteiger charge is 2.46. The second-order valence-electron chi connectivity index (χ2n) is 25.9. The van der Waals surface area contributed by atoms with Crippen molar-refractivity contribution in [2.45, 2.75) is 96.0 Å². The molecule has 29 nitrogen and oxygen atoms in total. The molecule has 3 fully saturated rings. The van der Waals surface area contributed by atoms with Crippen LogP contribution in [-0.4, -0.2) is 182 Å². The average Bonchev–Trinajstić information content (AvgIpc) is 1.67. The number of carbonyl (C=O) groups excluding carboxylic acids is 6. The number of ketones is 3. The third-order valence-corrected chi connectivity index (χ3v) is 18.9. The van der Waals surface area contributed by atoms with E-state index in [9.17, 15) is 76.7 Å². The van der Waals surface area contributed by atoms with E-state index in [0.717, 1.165) is 38.3 Å². The zero-order chi connectivity index (χ0) is 75.0. The van der Waals surface area contributed by atoms with Gasteiger partial charge in [0.15, 0.2) is 34.8 Å². The Bertz CT molecular complexity index is 4530. The van der Waals surface area contributed by atoms with E-state index < -0.39 is 101 Å². The molecule has 6 aliphatic rings. The van der Waals surface area contributed by atoms with Crippen molar-refractivity contribution in [2.24, 2.45) is 17.8 Å². The van der Waals surface area contributed by atoms with Gasteiger partial charge in [-0.2, -0.15) is 60.0 Å². The Morgan fingerprint density at radius 3 is 1.25 bits per heavy atom. The summed E-state index contributed by atoms with van der Waals surface area (Å²) >= 11 is 0. The van der Waals surface area contributed by atoms with Gasteiger partial charge in [-0.1, -0.05) is 20.8 Å². The number of carbonyl (C=O) groups is 6. The summed E-state index contributed by atoms with van der Waals surface area (Å²) in [4.78, 5) is 114.